The normalized spacial score (nSPS) is 26.2. The summed E-state index contributed by atoms with van der Waals surface area (Å²) in [5.74, 6) is 1.01. The SMILES string of the molecule is NCCN1CCN(CC2CCCC2)CC1. The Labute approximate surface area is 93.6 Å². The molecule has 2 fully saturated rings. The number of piperazine rings is 1. The van der Waals surface area contributed by atoms with E-state index in [1.54, 1.807) is 0 Å². The summed E-state index contributed by atoms with van der Waals surface area (Å²) in [4.78, 5) is 5.15. The second kappa shape index (κ2) is 5.83. The minimum atomic E-state index is 0.808. The van der Waals surface area contributed by atoms with Gasteiger partial charge in [-0.1, -0.05) is 12.8 Å². The highest BCUT2D eigenvalue weighted by atomic mass is 15.3. The minimum Gasteiger partial charge on any atom is -0.329 e. The maximum atomic E-state index is 5.57. The summed E-state index contributed by atoms with van der Waals surface area (Å²) >= 11 is 0. The molecular weight excluding hydrogens is 186 g/mol. The molecule has 2 N–H and O–H groups in total. The molecule has 1 aliphatic carbocycles. The third-order valence-corrected chi connectivity index (χ3v) is 3.90. The van der Waals surface area contributed by atoms with E-state index in [1.807, 2.05) is 0 Å². The van der Waals surface area contributed by atoms with Gasteiger partial charge in [0.15, 0.2) is 0 Å². The third kappa shape index (κ3) is 3.44. The molecule has 0 aromatic heterocycles. The lowest BCUT2D eigenvalue weighted by atomic mass is 10.1. The summed E-state index contributed by atoms with van der Waals surface area (Å²) in [6.45, 7) is 8.22. The summed E-state index contributed by atoms with van der Waals surface area (Å²) in [5, 5.41) is 0. The number of hydrogen-bond donors (Lipinski definition) is 1. The van der Waals surface area contributed by atoms with E-state index in [-0.39, 0.29) is 0 Å². The van der Waals surface area contributed by atoms with Crippen molar-refractivity contribution in [2.75, 3.05) is 45.8 Å². The van der Waals surface area contributed by atoms with Crippen molar-refractivity contribution in [2.45, 2.75) is 25.7 Å². The molecule has 0 aromatic rings. The molecule has 3 heteroatoms. The monoisotopic (exact) mass is 211 g/mol. The quantitative estimate of drug-likeness (QED) is 0.745. The van der Waals surface area contributed by atoms with Crippen molar-refractivity contribution in [3.05, 3.63) is 0 Å². The van der Waals surface area contributed by atoms with Crippen LogP contribution in [-0.4, -0.2) is 55.6 Å². The molecule has 0 spiro atoms. The molecule has 0 unspecified atom stereocenters. The minimum absolute atomic E-state index is 0.808. The topological polar surface area (TPSA) is 32.5 Å². The van der Waals surface area contributed by atoms with Gasteiger partial charge in [0.1, 0.15) is 0 Å². The van der Waals surface area contributed by atoms with Crippen LogP contribution in [0.5, 0.6) is 0 Å². The highest BCUT2D eigenvalue weighted by Crippen LogP contribution is 2.25. The van der Waals surface area contributed by atoms with Crippen molar-refractivity contribution >= 4 is 0 Å². The zero-order valence-corrected chi connectivity index (χ0v) is 9.83. The van der Waals surface area contributed by atoms with Gasteiger partial charge in [-0.2, -0.15) is 0 Å². The van der Waals surface area contributed by atoms with Crippen LogP contribution in [0.15, 0.2) is 0 Å². The van der Waals surface area contributed by atoms with E-state index in [1.165, 1.54) is 58.4 Å². The van der Waals surface area contributed by atoms with Gasteiger partial charge in [0, 0.05) is 45.8 Å². The van der Waals surface area contributed by atoms with Crippen molar-refractivity contribution in [3.63, 3.8) is 0 Å². The molecule has 3 nitrogen and oxygen atoms in total. The highest BCUT2D eigenvalue weighted by molar-refractivity contribution is 4.76. The number of hydrogen-bond acceptors (Lipinski definition) is 3. The number of nitrogens with two attached hydrogens (primary N) is 1. The molecule has 2 aliphatic rings. The van der Waals surface area contributed by atoms with Crippen molar-refractivity contribution in [1.82, 2.24) is 9.80 Å². The van der Waals surface area contributed by atoms with Gasteiger partial charge in [0.2, 0.25) is 0 Å². The van der Waals surface area contributed by atoms with Crippen LogP contribution in [0.25, 0.3) is 0 Å². The maximum Gasteiger partial charge on any atom is 0.0110 e. The molecule has 0 bridgehead atoms. The Morgan fingerprint density at radius 1 is 0.933 bits per heavy atom. The van der Waals surface area contributed by atoms with Gasteiger partial charge in [0.05, 0.1) is 0 Å². The van der Waals surface area contributed by atoms with Gasteiger partial charge in [0.25, 0.3) is 0 Å². The van der Waals surface area contributed by atoms with E-state index in [0.29, 0.717) is 0 Å². The van der Waals surface area contributed by atoms with Crippen LogP contribution < -0.4 is 5.73 Å². The van der Waals surface area contributed by atoms with Crippen LogP contribution in [0.3, 0.4) is 0 Å². The molecule has 1 saturated carbocycles. The fraction of sp³-hybridized carbons (Fsp3) is 1.00. The largest absolute Gasteiger partial charge is 0.329 e. The van der Waals surface area contributed by atoms with E-state index in [4.69, 9.17) is 5.73 Å². The predicted octanol–water partition coefficient (Wildman–Crippen LogP) is 0.753. The van der Waals surface area contributed by atoms with E-state index in [9.17, 15) is 0 Å². The van der Waals surface area contributed by atoms with Crippen LogP contribution in [0, 0.1) is 5.92 Å². The van der Waals surface area contributed by atoms with E-state index in [2.05, 4.69) is 9.80 Å². The van der Waals surface area contributed by atoms with Gasteiger partial charge in [-0.05, 0) is 18.8 Å². The van der Waals surface area contributed by atoms with Gasteiger partial charge in [-0.15, -0.1) is 0 Å². The van der Waals surface area contributed by atoms with Gasteiger partial charge in [-0.3, -0.25) is 4.90 Å². The molecule has 15 heavy (non-hydrogen) atoms. The molecule has 0 amide bonds. The number of rotatable bonds is 4. The van der Waals surface area contributed by atoms with Crippen molar-refractivity contribution < 1.29 is 0 Å². The molecule has 1 saturated heterocycles. The van der Waals surface area contributed by atoms with Gasteiger partial charge in [-0.25, -0.2) is 0 Å². The molecule has 1 heterocycles. The summed E-state index contributed by atoms with van der Waals surface area (Å²) in [7, 11) is 0. The Balaban J connectivity index is 1.64. The maximum absolute atomic E-state index is 5.57. The van der Waals surface area contributed by atoms with Crippen molar-refractivity contribution in [2.24, 2.45) is 11.7 Å². The Morgan fingerprint density at radius 2 is 1.53 bits per heavy atom. The molecule has 0 aromatic carbocycles. The molecule has 0 radical (unpaired) electrons. The van der Waals surface area contributed by atoms with Crippen molar-refractivity contribution in [3.8, 4) is 0 Å². The lowest BCUT2D eigenvalue weighted by Gasteiger charge is -2.35. The summed E-state index contributed by atoms with van der Waals surface area (Å²) in [6.07, 6.45) is 5.89. The number of nitrogens with zero attached hydrogens (tertiary/aromatic N) is 2. The molecule has 0 atom stereocenters. The van der Waals surface area contributed by atoms with E-state index < -0.39 is 0 Å². The first kappa shape index (κ1) is 11.4. The highest BCUT2D eigenvalue weighted by Gasteiger charge is 2.21. The summed E-state index contributed by atoms with van der Waals surface area (Å²) in [6, 6.07) is 0. The average Bonchev–Trinajstić information content (AvgIpc) is 2.74. The van der Waals surface area contributed by atoms with Crippen LogP contribution in [0.1, 0.15) is 25.7 Å². The first-order valence-corrected chi connectivity index (χ1v) is 6.53. The zero-order valence-electron chi connectivity index (χ0n) is 9.83. The Morgan fingerprint density at radius 3 is 2.13 bits per heavy atom. The van der Waals surface area contributed by atoms with Crippen LogP contribution in [0.4, 0.5) is 0 Å². The van der Waals surface area contributed by atoms with Crippen LogP contribution in [-0.2, 0) is 0 Å². The second-order valence-corrected chi connectivity index (χ2v) is 5.08. The Bertz CT molecular complexity index is 170. The van der Waals surface area contributed by atoms with Crippen molar-refractivity contribution in [1.29, 1.82) is 0 Å². The first-order valence-electron chi connectivity index (χ1n) is 6.53. The van der Waals surface area contributed by atoms with Gasteiger partial charge < -0.3 is 10.6 Å². The zero-order chi connectivity index (χ0) is 10.5. The second-order valence-electron chi connectivity index (χ2n) is 5.08. The van der Waals surface area contributed by atoms with Crippen LogP contribution in [0.2, 0.25) is 0 Å². The lowest BCUT2D eigenvalue weighted by molar-refractivity contribution is 0.120. The van der Waals surface area contributed by atoms with Crippen LogP contribution >= 0.6 is 0 Å². The fourth-order valence-corrected chi connectivity index (χ4v) is 2.94. The third-order valence-electron chi connectivity index (χ3n) is 3.90. The fourth-order valence-electron chi connectivity index (χ4n) is 2.94. The average molecular weight is 211 g/mol. The summed E-state index contributed by atoms with van der Waals surface area (Å²) < 4.78 is 0. The molecule has 1 aliphatic heterocycles. The standard InChI is InChI=1S/C12H25N3/c13-5-6-14-7-9-15(10-8-14)11-12-3-1-2-4-12/h12H,1-11,13H2. The van der Waals surface area contributed by atoms with E-state index in [0.717, 1.165) is 19.0 Å². The molecule has 88 valence electrons. The molecular formula is C12H25N3. The van der Waals surface area contributed by atoms with Gasteiger partial charge >= 0.3 is 0 Å². The lowest BCUT2D eigenvalue weighted by Crippen LogP contribution is -2.48. The Hall–Kier alpha value is -0.120. The van der Waals surface area contributed by atoms with E-state index >= 15 is 0 Å². The smallest absolute Gasteiger partial charge is 0.0110 e. The summed E-state index contributed by atoms with van der Waals surface area (Å²) in [5.41, 5.74) is 5.57. The predicted molar refractivity (Wildman–Crippen MR) is 63.9 cm³/mol. The Kier molecular flexibility index (Phi) is 4.42. The first-order chi connectivity index (χ1) is 7.38. The molecule has 2 rings (SSSR count).